The van der Waals surface area contributed by atoms with Gasteiger partial charge < -0.3 is 14.6 Å². The van der Waals surface area contributed by atoms with Gasteiger partial charge in [0.25, 0.3) is 0 Å². The zero-order valence-corrected chi connectivity index (χ0v) is 14.1. The highest BCUT2D eigenvalue weighted by atomic mass is 79.9. The molecule has 6 heteroatoms. The number of methoxy groups -OCH3 is 1. The molecule has 0 atom stereocenters. The minimum atomic E-state index is -0.985. The summed E-state index contributed by atoms with van der Waals surface area (Å²) in [6, 6.07) is 3.57. The SMILES string of the molecule is COc1cc(C=CC(=O)O)cc(Br)c1OCCN1CCCC1. The number of hydrogen-bond acceptors (Lipinski definition) is 4. The lowest BCUT2D eigenvalue weighted by molar-refractivity contribution is -0.131. The van der Waals surface area contributed by atoms with E-state index in [1.807, 2.05) is 6.07 Å². The van der Waals surface area contributed by atoms with Crippen LogP contribution >= 0.6 is 15.9 Å². The Morgan fingerprint density at radius 3 is 2.77 bits per heavy atom. The molecule has 1 heterocycles. The number of nitrogens with zero attached hydrogens (tertiary/aromatic N) is 1. The van der Waals surface area contributed by atoms with Crippen molar-refractivity contribution in [1.82, 2.24) is 4.90 Å². The Balaban J connectivity index is 2.04. The minimum absolute atomic E-state index is 0.584. The second-order valence-corrected chi connectivity index (χ2v) is 5.96. The molecule has 1 aromatic carbocycles. The molecule has 0 spiro atoms. The van der Waals surface area contributed by atoms with Crippen molar-refractivity contribution in [3.05, 3.63) is 28.2 Å². The van der Waals surface area contributed by atoms with Crippen molar-refractivity contribution in [2.24, 2.45) is 0 Å². The highest BCUT2D eigenvalue weighted by Crippen LogP contribution is 2.37. The predicted molar refractivity (Wildman–Crippen MR) is 88.5 cm³/mol. The summed E-state index contributed by atoms with van der Waals surface area (Å²) in [5.41, 5.74) is 0.734. The fourth-order valence-corrected chi connectivity index (χ4v) is 3.00. The van der Waals surface area contributed by atoms with Gasteiger partial charge in [-0.25, -0.2) is 4.79 Å². The lowest BCUT2D eigenvalue weighted by atomic mass is 10.2. The Kier molecular flexibility index (Phi) is 6.27. The summed E-state index contributed by atoms with van der Waals surface area (Å²) < 4.78 is 11.9. The topological polar surface area (TPSA) is 59.0 Å². The molecule has 120 valence electrons. The third kappa shape index (κ3) is 4.74. The molecule has 1 fully saturated rings. The van der Waals surface area contributed by atoms with Gasteiger partial charge in [0, 0.05) is 12.6 Å². The van der Waals surface area contributed by atoms with Crippen LogP contribution in [0.4, 0.5) is 0 Å². The van der Waals surface area contributed by atoms with E-state index in [9.17, 15) is 4.79 Å². The van der Waals surface area contributed by atoms with Crippen molar-refractivity contribution >= 4 is 28.0 Å². The smallest absolute Gasteiger partial charge is 0.328 e. The Morgan fingerprint density at radius 1 is 1.41 bits per heavy atom. The number of rotatable bonds is 7. The van der Waals surface area contributed by atoms with Gasteiger partial charge in [0.1, 0.15) is 6.61 Å². The summed E-state index contributed by atoms with van der Waals surface area (Å²) in [6.45, 7) is 3.77. The van der Waals surface area contributed by atoms with E-state index in [-0.39, 0.29) is 0 Å². The molecule has 0 bridgehead atoms. The number of carboxylic acids is 1. The fraction of sp³-hybridized carbons (Fsp3) is 0.438. The summed E-state index contributed by atoms with van der Waals surface area (Å²) in [7, 11) is 1.57. The van der Waals surface area contributed by atoms with Gasteiger partial charge >= 0.3 is 5.97 Å². The minimum Gasteiger partial charge on any atom is -0.493 e. The first-order valence-electron chi connectivity index (χ1n) is 7.24. The number of hydrogen-bond donors (Lipinski definition) is 1. The van der Waals surface area contributed by atoms with Crippen molar-refractivity contribution in [3.63, 3.8) is 0 Å². The summed E-state index contributed by atoms with van der Waals surface area (Å²) in [5, 5.41) is 8.69. The number of likely N-dealkylation sites (tertiary alicyclic amines) is 1. The highest BCUT2D eigenvalue weighted by Gasteiger charge is 2.14. The highest BCUT2D eigenvalue weighted by molar-refractivity contribution is 9.10. The van der Waals surface area contributed by atoms with Crippen LogP contribution in [0.25, 0.3) is 6.08 Å². The van der Waals surface area contributed by atoms with E-state index in [1.54, 1.807) is 13.2 Å². The van der Waals surface area contributed by atoms with Gasteiger partial charge in [0.05, 0.1) is 11.6 Å². The number of ether oxygens (including phenoxy) is 2. The molecule has 0 aliphatic carbocycles. The first-order valence-corrected chi connectivity index (χ1v) is 8.03. The van der Waals surface area contributed by atoms with E-state index in [1.165, 1.54) is 18.9 Å². The molecule has 1 saturated heterocycles. The van der Waals surface area contributed by atoms with Crippen LogP contribution in [0.2, 0.25) is 0 Å². The molecular formula is C16H20BrNO4. The van der Waals surface area contributed by atoms with Crippen LogP contribution in [0.1, 0.15) is 18.4 Å². The van der Waals surface area contributed by atoms with Gasteiger partial charge in [-0.05, 0) is 65.6 Å². The molecule has 2 rings (SSSR count). The van der Waals surface area contributed by atoms with Crippen molar-refractivity contribution in [2.75, 3.05) is 33.4 Å². The van der Waals surface area contributed by atoms with E-state index in [0.29, 0.717) is 18.1 Å². The Hall–Kier alpha value is -1.53. The van der Waals surface area contributed by atoms with Gasteiger partial charge in [0.2, 0.25) is 0 Å². The lowest BCUT2D eigenvalue weighted by Crippen LogP contribution is -2.25. The average molecular weight is 370 g/mol. The van der Waals surface area contributed by atoms with Gasteiger partial charge in [0.15, 0.2) is 11.5 Å². The van der Waals surface area contributed by atoms with Crippen LogP contribution in [0, 0.1) is 0 Å². The van der Waals surface area contributed by atoms with E-state index >= 15 is 0 Å². The van der Waals surface area contributed by atoms with E-state index in [2.05, 4.69) is 20.8 Å². The van der Waals surface area contributed by atoms with Gasteiger partial charge in [-0.1, -0.05) is 0 Å². The Bertz CT molecular complexity index is 553. The summed E-state index contributed by atoms with van der Waals surface area (Å²) in [4.78, 5) is 13.0. The Labute approximate surface area is 138 Å². The zero-order chi connectivity index (χ0) is 15.9. The summed E-state index contributed by atoms with van der Waals surface area (Å²) in [6.07, 6.45) is 5.13. The van der Waals surface area contributed by atoms with Crippen LogP contribution in [0.3, 0.4) is 0 Å². The standard InChI is InChI=1S/C16H20BrNO4/c1-21-14-11-12(4-5-15(19)20)10-13(17)16(14)22-9-8-18-6-2-3-7-18/h4-5,10-11H,2-3,6-9H2,1H3,(H,19,20). The number of aliphatic carboxylic acids is 1. The lowest BCUT2D eigenvalue weighted by Gasteiger charge is -2.17. The predicted octanol–water partition coefficient (Wildman–Crippen LogP) is 3.03. The molecule has 1 N–H and O–H groups in total. The molecular weight excluding hydrogens is 350 g/mol. The normalized spacial score (nSPS) is 15.4. The molecule has 0 unspecified atom stereocenters. The Morgan fingerprint density at radius 2 is 2.14 bits per heavy atom. The van der Waals surface area contributed by atoms with Crippen LogP contribution < -0.4 is 9.47 Å². The molecule has 0 amide bonds. The van der Waals surface area contributed by atoms with Crippen LogP contribution in [0.5, 0.6) is 11.5 Å². The molecule has 1 aliphatic heterocycles. The van der Waals surface area contributed by atoms with Crippen LogP contribution in [-0.2, 0) is 4.79 Å². The maximum atomic E-state index is 10.6. The maximum absolute atomic E-state index is 10.6. The largest absolute Gasteiger partial charge is 0.493 e. The second-order valence-electron chi connectivity index (χ2n) is 5.10. The monoisotopic (exact) mass is 369 g/mol. The quantitative estimate of drug-likeness (QED) is 0.748. The van der Waals surface area contributed by atoms with Gasteiger partial charge in [-0.2, -0.15) is 0 Å². The first-order chi connectivity index (χ1) is 10.6. The van der Waals surface area contributed by atoms with E-state index in [4.69, 9.17) is 14.6 Å². The summed E-state index contributed by atoms with van der Waals surface area (Å²) in [5.74, 6) is 0.246. The van der Waals surface area contributed by atoms with Gasteiger partial charge in [-0.3, -0.25) is 4.90 Å². The average Bonchev–Trinajstić information content (AvgIpc) is 3.00. The first kappa shape index (κ1) is 16.8. The van der Waals surface area contributed by atoms with E-state index in [0.717, 1.165) is 35.7 Å². The van der Waals surface area contributed by atoms with E-state index < -0.39 is 5.97 Å². The van der Waals surface area contributed by atoms with Crippen LogP contribution in [0.15, 0.2) is 22.7 Å². The maximum Gasteiger partial charge on any atom is 0.328 e. The molecule has 1 aliphatic rings. The van der Waals surface area contributed by atoms with Crippen LogP contribution in [-0.4, -0.2) is 49.3 Å². The molecule has 1 aromatic rings. The molecule has 0 aromatic heterocycles. The summed E-state index contributed by atoms with van der Waals surface area (Å²) >= 11 is 3.46. The third-order valence-electron chi connectivity index (χ3n) is 3.52. The van der Waals surface area contributed by atoms with Crippen molar-refractivity contribution in [3.8, 4) is 11.5 Å². The molecule has 5 nitrogen and oxygen atoms in total. The molecule has 0 radical (unpaired) electrons. The zero-order valence-electron chi connectivity index (χ0n) is 12.5. The second kappa shape index (κ2) is 8.19. The van der Waals surface area contributed by atoms with Crippen molar-refractivity contribution < 1.29 is 19.4 Å². The third-order valence-corrected chi connectivity index (χ3v) is 4.11. The molecule has 22 heavy (non-hydrogen) atoms. The van der Waals surface area contributed by atoms with Crippen molar-refractivity contribution in [2.45, 2.75) is 12.8 Å². The number of halogens is 1. The fourth-order valence-electron chi connectivity index (χ4n) is 2.43. The van der Waals surface area contributed by atoms with Crippen molar-refractivity contribution in [1.29, 1.82) is 0 Å². The number of carbonyl (C=O) groups is 1. The number of carboxylic acid groups (broad SMARTS) is 1. The van der Waals surface area contributed by atoms with Gasteiger partial charge in [-0.15, -0.1) is 0 Å². The molecule has 0 saturated carbocycles. The number of benzene rings is 1.